The van der Waals surface area contributed by atoms with Gasteiger partial charge in [0.2, 0.25) is 5.91 Å². The largest absolute Gasteiger partial charge is 0.302 e. The van der Waals surface area contributed by atoms with Gasteiger partial charge in [0, 0.05) is 17.2 Å². The maximum atomic E-state index is 13.0. The Bertz CT molecular complexity index is 675. The first-order valence-electron chi connectivity index (χ1n) is 8.13. The molecule has 0 unspecified atom stereocenters. The number of rotatable bonds is 4. The lowest BCUT2D eigenvalue weighted by Crippen LogP contribution is -2.24. The first-order chi connectivity index (χ1) is 11.1. The number of nitrogens with one attached hydrogen (secondary N) is 1. The third kappa shape index (κ3) is 4.16. The molecule has 2 aromatic rings. The summed E-state index contributed by atoms with van der Waals surface area (Å²) in [4.78, 5) is 17.9. The van der Waals surface area contributed by atoms with Gasteiger partial charge in [-0.05, 0) is 37.5 Å². The van der Waals surface area contributed by atoms with Crippen molar-refractivity contribution in [3.8, 4) is 0 Å². The van der Waals surface area contributed by atoms with Crippen LogP contribution >= 0.6 is 11.3 Å². The summed E-state index contributed by atoms with van der Waals surface area (Å²) in [6.45, 7) is 1.95. The van der Waals surface area contributed by atoms with Gasteiger partial charge in [-0.15, -0.1) is 11.3 Å². The van der Waals surface area contributed by atoms with Crippen molar-refractivity contribution in [2.75, 3.05) is 5.32 Å². The number of aryl methyl sites for hydroxylation is 1. The molecule has 5 heteroatoms. The van der Waals surface area contributed by atoms with Crippen LogP contribution in [0.15, 0.2) is 24.3 Å². The van der Waals surface area contributed by atoms with Gasteiger partial charge in [0.15, 0.2) is 5.13 Å². The Morgan fingerprint density at radius 1 is 1.26 bits per heavy atom. The van der Waals surface area contributed by atoms with Crippen LogP contribution in [-0.4, -0.2) is 10.9 Å². The van der Waals surface area contributed by atoms with Gasteiger partial charge < -0.3 is 5.32 Å². The average molecular weight is 332 g/mol. The van der Waals surface area contributed by atoms with Crippen molar-refractivity contribution >= 4 is 22.4 Å². The molecule has 0 radical (unpaired) electrons. The summed E-state index contributed by atoms with van der Waals surface area (Å²) in [6, 6.07) is 6.51. The van der Waals surface area contributed by atoms with Crippen LogP contribution in [0.3, 0.4) is 0 Å². The van der Waals surface area contributed by atoms with E-state index in [1.165, 1.54) is 29.9 Å². The van der Waals surface area contributed by atoms with Gasteiger partial charge >= 0.3 is 0 Å². The third-order valence-corrected chi connectivity index (χ3v) is 5.45. The quantitative estimate of drug-likeness (QED) is 0.882. The topological polar surface area (TPSA) is 42.0 Å². The molecule has 0 bridgehead atoms. The van der Waals surface area contributed by atoms with Gasteiger partial charge in [0.25, 0.3) is 0 Å². The van der Waals surface area contributed by atoms with Crippen molar-refractivity contribution in [1.29, 1.82) is 0 Å². The van der Waals surface area contributed by atoms with Crippen LogP contribution in [0.5, 0.6) is 0 Å². The molecule has 1 aromatic carbocycles. The van der Waals surface area contributed by atoms with E-state index in [1.807, 2.05) is 6.92 Å². The number of nitrogens with zero attached hydrogens (tertiary/aromatic N) is 1. The highest BCUT2D eigenvalue weighted by molar-refractivity contribution is 7.15. The Balaban J connectivity index is 1.65. The van der Waals surface area contributed by atoms with Crippen molar-refractivity contribution in [2.24, 2.45) is 5.92 Å². The molecule has 1 saturated carbocycles. The lowest BCUT2D eigenvalue weighted by molar-refractivity contribution is -0.120. The van der Waals surface area contributed by atoms with Crippen molar-refractivity contribution in [3.63, 3.8) is 0 Å². The molecule has 1 aromatic heterocycles. The molecule has 122 valence electrons. The first-order valence-corrected chi connectivity index (χ1v) is 8.95. The van der Waals surface area contributed by atoms with Gasteiger partial charge in [-0.3, -0.25) is 4.79 Å². The standard InChI is InChI=1S/C18H21FN2OS/c1-12-16(11-13-7-9-15(19)10-8-13)23-18(20-12)21-17(22)14-5-3-2-4-6-14/h7-10,14H,2-6,11H2,1H3,(H,20,21,22). The summed E-state index contributed by atoms with van der Waals surface area (Å²) in [5.74, 6) is 0.00972. The van der Waals surface area contributed by atoms with Gasteiger partial charge in [-0.2, -0.15) is 0 Å². The number of halogens is 1. The van der Waals surface area contributed by atoms with Crippen LogP contribution in [0.1, 0.15) is 48.2 Å². The van der Waals surface area contributed by atoms with E-state index < -0.39 is 0 Å². The molecule has 3 rings (SSSR count). The SMILES string of the molecule is Cc1nc(NC(=O)C2CCCCC2)sc1Cc1ccc(F)cc1. The fourth-order valence-electron chi connectivity index (χ4n) is 3.01. The number of hydrogen-bond acceptors (Lipinski definition) is 3. The Hall–Kier alpha value is -1.75. The second kappa shape index (κ2) is 7.21. The van der Waals surface area contributed by atoms with E-state index in [9.17, 15) is 9.18 Å². The van der Waals surface area contributed by atoms with Crippen LogP contribution < -0.4 is 5.32 Å². The molecule has 1 heterocycles. The zero-order valence-electron chi connectivity index (χ0n) is 13.3. The van der Waals surface area contributed by atoms with Crippen LogP contribution in [0.4, 0.5) is 9.52 Å². The third-order valence-electron chi connectivity index (χ3n) is 4.38. The number of carbonyl (C=O) groups excluding carboxylic acids is 1. The van der Waals surface area contributed by atoms with Crippen LogP contribution in [0.2, 0.25) is 0 Å². The molecule has 0 saturated heterocycles. The van der Waals surface area contributed by atoms with Gasteiger partial charge in [-0.1, -0.05) is 31.4 Å². The maximum absolute atomic E-state index is 13.0. The van der Waals surface area contributed by atoms with Crippen LogP contribution in [-0.2, 0) is 11.2 Å². The second-order valence-corrected chi connectivity index (χ2v) is 7.24. The lowest BCUT2D eigenvalue weighted by Gasteiger charge is -2.19. The molecule has 0 aliphatic heterocycles. The Morgan fingerprint density at radius 2 is 1.96 bits per heavy atom. The summed E-state index contributed by atoms with van der Waals surface area (Å²) in [5, 5.41) is 3.65. The minimum absolute atomic E-state index is 0.104. The zero-order valence-corrected chi connectivity index (χ0v) is 14.1. The molecule has 1 fully saturated rings. The van der Waals surface area contributed by atoms with E-state index in [1.54, 1.807) is 12.1 Å². The number of hydrogen-bond donors (Lipinski definition) is 1. The molecule has 1 aliphatic carbocycles. The summed E-state index contributed by atoms with van der Waals surface area (Å²) in [6.07, 6.45) is 6.21. The molecule has 0 spiro atoms. The Kier molecular flexibility index (Phi) is 5.06. The normalized spacial score (nSPS) is 15.6. The van der Waals surface area contributed by atoms with E-state index in [0.717, 1.165) is 41.8 Å². The molecular weight excluding hydrogens is 311 g/mol. The van der Waals surface area contributed by atoms with Crippen LogP contribution in [0.25, 0.3) is 0 Å². The Morgan fingerprint density at radius 3 is 2.65 bits per heavy atom. The number of benzene rings is 1. The molecule has 1 N–H and O–H groups in total. The number of anilines is 1. The predicted molar refractivity (Wildman–Crippen MR) is 91.3 cm³/mol. The van der Waals surface area contributed by atoms with Gasteiger partial charge in [-0.25, -0.2) is 9.37 Å². The second-order valence-electron chi connectivity index (χ2n) is 6.16. The van der Waals surface area contributed by atoms with Crippen LogP contribution in [0, 0.1) is 18.7 Å². The van der Waals surface area contributed by atoms with Crippen molar-refractivity contribution in [3.05, 3.63) is 46.2 Å². The summed E-state index contributed by atoms with van der Waals surface area (Å²) in [7, 11) is 0. The van der Waals surface area contributed by atoms with Crippen molar-refractivity contribution < 1.29 is 9.18 Å². The molecular formula is C18H21FN2OS. The smallest absolute Gasteiger partial charge is 0.229 e. The van der Waals surface area contributed by atoms with E-state index in [4.69, 9.17) is 0 Å². The minimum atomic E-state index is -0.227. The van der Waals surface area contributed by atoms with E-state index in [-0.39, 0.29) is 17.6 Å². The van der Waals surface area contributed by atoms with E-state index in [0.29, 0.717) is 11.6 Å². The fraction of sp³-hybridized carbons (Fsp3) is 0.444. The average Bonchev–Trinajstić information content (AvgIpc) is 2.90. The molecule has 23 heavy (non-hydrogen) atoms. The fourth-order valence-corrected chi connectivity index (χ4v) is 4.01. The van der Waals surface area contributed by atoms with E-state index in [2.05, 4.69) is 10.3 Å². The van der Waals surface area contributed by atoms with E-state index >= 15 is 0 Å². The monoisotopic (exact) mass is 332 g/mol. The molecule has 0 atom stereocenters. The van der Waals surface area contributed by atoms with Gasteiger partial charge in [0.05, 0.1) is 5.69 Å². The number of carbonyl (C=O) groups is 1. The predicted octanol–water partition coefficient (Wildman–Crippen LogP) is 4.70. The first kappa shape index (κ1) is 16.1. The van der Waals surface area contributed by atoms with Gasteiger partial charge in [0.1, 0.15) is 5.82 Å². The minimum Gasteiger partial charge on any atom is -0.302 e. The maximum Gasteiger partial charge on any atom is 0.229 e. The summed E-state index contributed by atoms with van der Waals surface area (Å²) in [5.41, 5.74) is 1.97. The molecule has 1 amide bonds. The lowest BCUT2D eigenvalue weighted by atomic mass is 9.89. The highest BCUT2D eigenvalue weighted by Gasteiger charge is 2.22. The van der Waals surface area contributed by atoms with Crippen molar-refractivity contribution in [2.45, 2.75) is 45.4 Å². The molecule has 3 nitrogen and oxygen atoms in total. The number of aromatic nitrogens is 1. The summed E-state index contributed by atoms with van der Waals surface area (Å²) < 4.78 is 13.0. The highest BCUT2D eigenvalue weighted by atomic mass is 32.1. The Labute approximate surface area is 140 Å². The van der Waals surface area contributed by atoms with Crippen molar-refractivity contribution in [1.82, 2.24) is 4.98 Å². The zero-order chi connectivity index (χ0) is 16.2. The summed E-state index contributed by atoms with van der Waals surface area (Å²) >= 11 is 1.51. The molecule has 1 aliphatic rings. The number of thiazole rings is 1. The number of amides is 1. The highest BCUT2D eigenvalue weighted by Crippen LogP contribution is 2.28.